The third-order valence-corrected chi connectivity index (χ3v) is 4.50. The van der Waals surface area contributed by atoms with Crippen molar-refractivity contribution in [1.82, 2.24) is 4.90 Å². The molecule has 0 spiro atoms. The lowest BCUT2D eigenvalue weighted by Gasteiger charge is -2.30. The largest absolute Gasteiger partial charge is 0.480 e. The third-order valence-electron chi connectivity index (χ3n) is 4.50. The lowest BCUT2D eigenvalue weighted by atomic mass is 9.81. The molecular weight excluding hydrogens is 246 g/mol. The minimum Gasteiger partial charge on any atom is -0.480 e. The van der Waals surface area contributed by atoms with Crippen LogP contribution in [0.25, 0.3) is 0 Å². The molecule has 1 saturated heterocycles. The van der Waals surface area contributed by atoms with Gasteiger partial charge in [-0.3, -0.25) is 14.5 Å². The van der Waals surface area contributed by atoms with Gasteiger partial charge in [0.1, 0.15) is 6.04 Å². The van der Waals surface area contributed by atoms with Gasteiger partial charge in [0, 0.05) is 6.42 Å². The number of amides is 2. The summed E-state index contributed by atoms with van der Waals surface area (Å²) in [5.74, 6) is -1.99. The maximum Gasteiger partial charge on any atom is 0.327 e. The number of rotatable bonds is 6. The molecule has 0 radical (unpaired) electrons. The number of hydrogen-bond acceptors (Lipinski definition) is 3. The number of nitrogens with zero attached hydrogens (tertiary/aromatic N) is 1. The molecule has 0 bridgehead atoms. The van der Waals surface area contributed by atoms with Crippen LogP contribution in [0.1, 0.15) is 53.4 Å². The number of imide groups is 1. The maximum atomic E-state index is 12.5. The second kappa shape index (κ2) is 5.72. The van der Waals surface area contributed by atoms with Crippen LogP contribution in [-0.2, 0) is 14.4 Å². The molecule has 1 heterocycles. The average molecular weight is 269 g/mol. The average Bonchev–Trinajstić information content (AvgIpc) is 2.63. The van der Waals surface area contributed by atoms with E-state index < -0.39 is 17.4 Å². The second-order valence-corrected chi connectivity index (χ2v) is 5.40. The van der Waals surface area contributed by atoms with Crippen LogP contribution in [0, 0.1) is 11.3 Å². The fraction of sp³-hybridized carbons (Fsp3) is 0.786. The van der Waals surface area contributed by atoms with Gasteiger partial charge in [-0.2, -0.15) is 0 Å². The van der Waals surface area contributed by atoms with Crippen molar-refractivity contribution in [2.45, 2.75) is 59.4 Å². The molecule has 1 aliphatic rings. The van der Waals surface area contributed by atoms with E-state index in [9.17, 15) is 19.5 Å². The number of hydrogen-bond donors (Lipinski definition) is 1. The van der Waals surface area contributed by atoms with Gasteiger partial charge in [0.15, 0.2) is 0 Å². The summed E-state index contributed by atoms with van der Waals surface area (Å²) in [4.78, 5) is 37.1. The zero-order valence-electron chi connectivity index (χ0n) is 12.1. The first kappa shape index (κ1) is 15.7. The molecule has 2 amide bonds. The third kappa shape index (κ3) is 2.51. The number of carboxylic acids is 1. The van der Waals surface area contributed by atoms with E-state index in [0.29, 0.717) is 19.3 Å². The Morgan fingerprint density at radius 2 is 1.84 bits per heavy atom. The molecule has 1 fully saturated rings. The van der Waals surface area contributed by atoms with Crippen LogP contribution in [0.2, 0.25) is 0 Å². The quantitative estimate of drug-likeness (QED) is 0.749. The number of aliphatic carboxylic acids is 1. The molecule has 1 aliphatic heterocycles. The molecule has 1 N–H and O–H groups in total. The highest BCUT2D eigenvalue weighted by molar-refractivity contribution is 6.08. The van der Waals surface area contributed by atoms with Gasteiger partial charge in [0.05, 0.1) is 5.41 Å². The highest BCUT2D eigenvalue weighted by Crippen LogP contribution is 2.41. The van der Waals surface area contributed by atoms with Crippen molar-refractivity contribution in [3.63, 3.8) is 0 Å². The van der Waals surface area contributed by atoms with E-state index in [0.717, 1.165) is 4.90 Å². The SMILES string of the molecule is CCC(C)C(C(=O)O)N1C(=O)CC(CC)(CC)C1=O. The Kier molecular flexibility index (Phi) is 4.71. The van der Waals surface area contributed by atoms with Crippen molar-refractivity contribution in [2.75, 3.05) is 0 Å². The molecule has 2 atom stereocenters. The van der Waals surface area contributed by atoms with Crippen molar-refractivity contribution in [3.8, 4) is 0 Å². The molecule has 0 aromatic rings. The van der Waals surface area contributed by atoms with Gasteiger partial charge >= 0.3 is 5.97 Å². The van der Waals surface area contributed by atoms with Crippen LogP contribution in [0.4, 0.5) is 0 Å². The summed E-state index contributed by atoms with van der Waals surface area (Å²) < 4.78 is 0. The van der Waals surface area contributed by atoms with Crippen molar-refractivity contribution in [2.24, 2.45) is 11.3 Å². The first-order chi connectivity index (χ1) is 8.84. The van der Waals surface area contributed by atoms with Crippen molar-refractivity contribution >= 4 is 17.8 Å². The summed E-state index contributed by atoms with van der Waals surface area (Å²) in [5.41, 5.74) is -0.696. The van der Waals surface area contributed by atoms with Gasteiger partial charge in [0.2, 0.25) is 11.8 Å². The van der Waals surface area contributed by atoms with E-state index in [1.165, 1.54) is 0 Å². The van der Waals surface area contributed by atoms with Crippen LogP contribution < -0.4 is 0 Å². The Morgan fingerprint density at radius 1 is 1.32 bits per heavy atom. The first-order valence-corrected chi connectivity index (χ1v) is 6.93. The zero-order valence-corrected chi connectivity index (χ0v) is 12.1. The lowest BCUT2D eigenvalue weighted by molar-refractivity contribution is -0.158. The number of carboxylic acid groups (broad SMARTS) is 1. The summed E-state index contributed by atoms with van der Waals surface area (Å²) in [6.07, 6.45) is 1.88. The molecule has 108 valence electrons. The second-order valence-electron chi connectivity index (χ2n) is 5.40. The normalized spacial score (nSPS) is 21.6. The summed E-state index contributed by atoms with van der Waals surface area (Å²) in [7, 11) is 0. The molecule has 5 nitrogen and oxygen atoms in total. The minimum absolute atomic E-state index is 0.138. The fourth-order valence-electron chi connectivity index (χ4n) is 2.73. The maximum absolute atomic E-state index is 12.5. The van der Waals surface area contributed by atoms with Crippen LogP contribution in [0.15, 0.2) is 0 Å². The predicted molar refractivity (Wildman–Crippen MR) is 70.4 cm³/mol. The van der Waals surface area contributed by atoms with E-state index in [-0.39, 0.29) is 24.2 Å². The molecule has 0 aromatic heterocycles. The summed E-state index contributed by atoms with van der Waals surface area (Å²) in [6, 6.07) is -1.04. The van der Waals surface area contributed by atoms with E-state index in [2.05, 4.69) is 0 Å². The Balaban J connectivity index is 3.15. The summed E-state index contributed by atoms with van der Waals surface area (Å²) in [5, 5.41) is 9.34. The molecular formula is C14H23NO4. The van der Waals surface area contributed by atoms with Gasteiger partial charge in [0.25, 0.3) is 0 Å². The van der Waals surface area contributed by atoms with Gasteiger partial charge in [-0.1, -0.05) is 34.1 Å². The Labute approximate surface area is 114 Å². The van der Waals surface area contributed by atoms with Crippen LogP contribution in [-0.4, -0.2) is 33.8 Å². The summed E-state index contributed by atoms with van der Waals surface area (Å²) in [6.45, 7) is 7.37. The highest BCUT2D eigenvalue weighted by Gasteiger charge is 2.53. The lowest BCUT2D eigenvalue weighted by Crippen LogP contribution is -2.49. The molecule has 5 heteroatoms. The van der Waals surface area contributed by atoms with E-state index in [4.69, 9.17) is 0 Å². The zero-order chi connectivity index (χ0) is 14.8. The van der Waals surface area contributed by atoms with Crippen molar-refractivity contribution in [3.05, 3.63) is 0 Å². The highest BCUT2D eigenvalue weighted by atomic mass is 16.4. The first-order valence-electron chi connectivity index (χ1n) is 6.93. The predicted octanol–water partition coefficient (Wildman–Crippen LogP) is 2.05. The van der Waals surface area contributed by atoms with Crippen LogP contribution >= 0.6 is 0 Å². The van der Waals surface area contributed by atoms with Crippen molar-refractivity contribution in [1.29, 1.82) is 0 Å². The molecule has 19 heavy (non-hydrogen) atoms. The smallest absolute Gasteiger partial charge is 0.327 e. The number of carbonyl (C=O) groups is 3. The van der Waals surface area contributed by atoms with Crippen LogP contribution in [0.5, 0.6) is 0 Å². The Bertz CT molecular complexity index is 387. The monoisotopic (exact) mass is 269 g/mol. The topological polar surface area (TPSA) is 74.7 Å². The summed E-state index contributed by atoms with van der Waals surface area (Å²) >= 11 is 0. The fourth-order valence-corrected chi connectivity index (χ4v) is 2.73. The van der Waals surface area contributed by atoms with E-state index in [1.54, 1.807) is 6.92 Å². The van der Waals surface area contributed by atoms with Gasteiger partial charge in [-0.25, -0.2) is 4.79 Å². The van der Waals surface area contributed by atoms with Gasteiger partial charge in [-0.15, -0.1) is 0 Å². The van der Waals surface area contributed by atoms with E-state index >= 15 is 0 Å². The molecule has 0 aromatic carbocycles. The molecule has 0 aliphatic carbocycles. The standard InChI is InChI=1S/C14H23NO4/c1-5-9(4)11(12(17)18)15-10(16)8-14(6-2,7-3)13(15)19/h9,11H,5-8H2,1-4H3,(H,17,18). The molecule has 1 rings (SSSR count). The van der Waals surface area contributed by atoms with Gasteiger partial charge in [-0.05, 0) is 18.8 Å². The van der Waals surface area contributed by atoms with Crippen LogP contribution in [0.3, 0.4) is 0 Å². The van der Waals surface area contributed by atoms with E-state index in [1.807, 2.05) is 20.8 Å². The minimum atomic E-state index is -1.10. The van der Waals surface area contributed by atoms with Crippen molar-refractivity contribution < 1.29 is 19.5 Å². The molecule has 0 saturated carbocycles. The Hall–Kier alpha value is -1.39. The number of likely N-dealkylation sites (tertiary alicyclic amines) is 1. The van der Waals surface area contributed by atoms with Gasteiger partial charge < -0.3 is 5.11 Å². The Morgan fingerprint density at radius 3 is 2.16 bits per heavy atom. The molecule has 2 unspecified atom stereocenters. The number of carbonyl (C=O) groups excluding carboxylic acids is 2.